The second-order valence-electron chi connectivity index (χ2n) is 6.46. The summed E-state index contributed by atoms with van der Waals surface area (Å²) in [6.45, 7) is 1.73. The molecule has 0 saturated carbocycles. The van der Waals surface area contributed by atoms with E-state index in [0.717, 1.165) is 4.73 Å². The van der Waals surface area contributed by atoms with Gasteiger partial charge in [-0.05, 0) is 42.8 Å². The van der Waals surface area contributed by atoms with E-state index in [0.29, 0.717) is 48.9 Å². The number of amides is 1. The molecule has 10 heteroatoms. The van der Waals surface area contributed by atoms with Crippen LogP contribution in [0, 0.1) is 6.92 Å². The first-order valence-electron chi connectivity index (χ1n) is 8.70. The van der Waals surface area contributed by atoms with Crippen LogP contribution in [0.25, 0.3) is 11.0 Å². The molecule has 2 aromatic heterocycles. The number of nitrogens with one attached hydrogen (secondary N) is 2. The van der Waals surface area contributed by atoms with Crippen molar-refractivity contribution in [3.8, 4) is 0 Å². The van der Waals surface area contributed by atoms with Gasteiger partial charge >= 0.3 is 0 Å². The Morgan fingerprint density at radius 1 is 1.13 bits per heavy atom. The van der Waals surface area contributed by atoms with Crippen molar-refractivity contribution in [2.45, 2.75) is 6.92 Å². The summed E-state index contributed by atoms with van der Waals surface area (Å²) < 4.78 is 0.753. The Balaban J connectivity index is 1.67. The number of carbonyl (C=O) groups excluding carboxylic acids is 1. The van der Waals surface area contributed by atoms with Crippen molar-refractivity contribution >= 4 is 63.4 Å². The summed E-state index contributed by atoms with van der Waals surface area (Å²) in [5.74, 6) is -0.127. The molecule has 0 spiro atoms. The van der Waals surface area contributed by atoms with Crippen molar-refractivity contribution in [2.75, 3.05) is 5.32 Å². The number of hydrogen-bond donors (Lipinski definition) is 3. The number of imidazole rings is 1. The molecule has 2 heterocycles. The Bertz CT molecular complexity index is 1340. The molecule has 2 aromatic carbocycles. The van der Waals surface area contributed by atoms with Gasteiger partial charge in [0.05, 0.1) is 33.0 Å². The number of rotatable bonds is 3. The lowest BCUT2D eigenvalue weighted by atomic mass is 10.2. The van der Waals surface area contributed by atoms with Crippen LogP contribution in [0.4, 0.5) is 11.6 Å². The highest BCUT2D eigenvalue weighted by Gasteiger charge is 2.12. The second-order valence-corrected chi connectivity index (χ2v) is 7.68. The molecule has 0 atom stereocenters. The molecular formula is C20H14Cl3N5O2. The van der Waals surface area contributed by atoms with Gasteiger partial charge in [0, 0.05) is 16.7 Å². The molecule has 0 aliphatic rings. The molecule has 152 valence electrons. The summed E-state index contributed by atoms with van der Waals surface area (Å²) >= 11 is 18.4. The number of H-pyrrole nitrogens is 1. The van der Waals surface area contributed by atoms with Crippen molar-refractivity contribution in [1.82, 2.24) is 14.7 Å². The Kier molecular flexibility index (Phi) is 5.42. The van der Waals surface area contributed by atoms with Crippen LogP contribution in [0.5, 0.6) is 0 Å². The van der Waals surface area contributed by atoms with Gasteiger partial charge in [-0.2, -0.15) is 9.72 Å². The lowest BCUT2D eigenvalue weighted by molar-refractivity contribution is 0.0988. The quantitative estimate of drug-likeness (QED) is 0.357. The number of halogens is 3. The third kappa shape index (κ3) is 4.00. The lowest BCUT2D eigenvalue weighted by Crippen LogP contribution is -2.20. The predicted molar refractivity (Wildman–Crippen MR) is 117 cm³/mol. The molecule has 7 nitrogen and oxygen atoms in total. The highest BCUT2D eigenvalue weighted by atomic mass is 35.5. The first-order chi connectivity index (χ1) is 14.3. The van der Waals surface area contributed by atoms with E-state index in [4.69, 9.17) is 34.8 Å². The minimum atomic E-state index is -0.544. The Morgan fingerprint density at radius 3 is 2.60 bits per heavy atom. The maximum absolute atomic E-state index is 12.6. The zero-order valence-corrected chi connectivity index (χ0v) is 17.7. The smallest absolute Gasteiger partial charge is 0.279 e. The van der Waals surface area contributed by atoms with Crippen LogP contribution < -0.4 is 10.8 Å². The SMILES string of the molecule is Cc1cn(O)c(=NC(=O)c2ccc3nc(Nc4c(Cl)cccc4Cl)[nH]c3c2)cc1Cl. The van der Waals surface area contributed by atoms with Crippen molar-refractivity contribution in [3.63, 3.8) is 0 Å². The van der Waals surface area contributed by atoms with Crippen molar-refractivity contribution < 1.29 is 10.0 Å². The maximum atomic E-state index is 12.6. The van der Waals surface area contributed by atoms with Gasteiger partial charge in [-0.15, -0.1) is 0 Å². The van der Waals surface area contributed by atoms with E-state index in [1.54, 1.807) is 43.3 Å². The molecule has 0 aliphatic carbocycles. The normalized spacial score (nSPS) is 11.8. The summed E-state index contributed by atoms with van der Waals surface area (Å²) in [5, 5.41) is 14.3. The molecule has 0 unspecified atom stereocenters. The average molecular weight is 463 g/mol. The van der Waals surface area contributed by atoms with Gasteiger partial charge in [0.2, 0.25) is 5.95 Å². The fourth-order valence-electron chi connectivity index (χ4n) is 2.79. The standard InChI is InChI=1S/C20H14Cl3N5O2/c1-10-9-28(30)17(8-14(10)23)26-19(29)11-5-6-15-16(7-11)25-20(24-15)27-18-12(21)3-2-4-13(18)22/h2-9,30H,1H3,(H2,24,25,27). The van der Waals surface area contributed by atoms with Crippen LogP contribution in [0.15, 0.2) is 53.7 Å². The molecule has 0 bridgehead atoms. The van der Waals surface area contributed by atoms with Crippen LogP contribution in [0.2, 0.25) is 15.1 Å². The Labute approximate surface area is 185 Å². The minimum absolute atomic E-state index is 0.0241. The number of benzene rings is 2. The summed E-state index contributed by atoms with van der Waals surface area (Å²) in [6.07, 6.45) is 1.38. The van der Waals surface area contributed by atoms with E-state index < -0.39 is 5.91 Å². The first kappa shape index (κ1) is 20.3. The Morgan fingerprint density at radius 2 is 1.87 bits per heavy atom. The molecule has 0 radical (unpaired) electrons. The van der Waals surface area contributed by atoms with E-state index in [2.05, 4.69) is 20.3 Å². The van der Waals surface area contributed by atoms with Crippen LogP contribution in [0.1, 0.15) is 15.9 Å². The van der Waals surface area contributed by atoms with Gasteiger partial charge in [-0.3, -0.25) is 4.79 Å². The number of para-hydroxylation sites is 1. The summed E-state index contributed by atoms with van der Waals surface area (Å²) in [5.41, 5.74) is 2.76. The van der Waals surface area contributed by atoms with Gasteiger partial charge in [0.1, 0.15) is 0 Å². The summed E-state index contributed by atoms with van der Waals surface area (Å²) in [7, 11) is 0. The van der Waals surface area contributed by atoms with Crippen LogP contribution >= 0.6 is 34.8 Å². The molecule has 1 amide bonds. The van der Waals surface area contributed by atoms with Gasteiger partial charge in [-0.25, -0.2) is 4.98 Å². The second kappa shape index (κ2) is 8.02. The lowest BCUT2D eigenvalue weighted by Gasteiger charge is -2.06. The summed E-state index contributed by atoms with van der Waals surface area (Å²) in [4.78, 5) is 24.0. The van der Waals surface area contributed by atoms with E-state index in [1.165, 1.54) is 12.3 Å². The number of anilines is 2. The molecule has 30 heavy (non-hydrogen) atoms. The number of pyridine rings is 1. The van der Waals surface area contributed by atoms with Crippen LogP contribution in [-0.4, -0.2) is 25.8 Å². The molecular weight excluding hydrogens is 449 g/mol. The predicted octanol–water partition coefficient (Wildman–Crippen LogP) is 5.36. The third-order valence-corrected chi connectivity index (χ3v) is 5.37. The van der Waals surface area contributed by atoms with E-state index in [-0.39, 0.29) is 5.49 Å². The highest BCUT2D eigenvalue weighted by molar-refractivity contribution is 6.39. The Hall–Kier alpha value is -3.00. The fraction of sp³-hybridized carbons (Fsp3) is 0.0500. The largest absolute Gasteiger partial charge is 0.427 e. The molecule has 4 aromatic rings. The highest BCUT2D eigenvalue weighted by Crippen LogP contribution is 2.32. The molecule has 0 saturated heterocycles. The number of aromatic amines is 1. The number of hydrogen-bond acceptors (Lipinski definition) is 4. The molecule has 0 fully saturated rings. The number of carbonyl (C=O) groups is 1. The van der Waals surface area contributed by atoms with Gasteiger partial charge in [0.25, 0.3) is 5.91 Å². The topological polar surface area (TPSA) is 95.3 Å². The number of aromatic nitrogens is 3. The maximum Gasteiger partial charge on any atom is 0.279 e. The third-order valence-electron chi connectivity index (χ3n) is 4.33. The molecule has 3 N–H and O–H groups in total. The van der Waals surface area contributed by atoms with Gasteiger partial charge in [-0.1, -0.05) is 40.9 Å². The van der Waals surface area contributed by atoms with Gasteiger partial charge < -0.3 is 15.5 Å². The van der Waals surface area contributed by atoms with E-state index in [1.807, 2.05) is 0 Å². The van der Waals surface area contributed by atoms with Crippen LogP contribution in [0.3, 0.4) is 0 Å². The van der Waals surface area contributed by atoms with Gasteiger partial charge in [0.15, 0.2) is 5.49 Å². The first-order valence-corrected chi connectivity index (χ1v) is 9.83. The minimum Gasteiger partial charge on any atom is -0.427 e. The number of fused-ring (bicyclic) bond motifs is 1. The summed E-state index contributed by atoms with van der Waals surface area (Å²) in [6, 6.07) is 11.5. The molecule has 0 aliphatic heterocycles. The van der Waals surface area contributed by atoms with E-state index in [9.17, 15) is 10.0 Å². The molecule has 4 rings (SSSR count). The fourth-order valence-corrected chi connectivity index (χ4v) is 3.43. The van der Waals surface area contributed by atoms with Crippen molar-refractivity contribution in [2.24, 2.45) is 4.99 Å². The van der Waals surface area contributed by atoms with Crippen molar-refractivity contribution in [1.29, 1.82) is 0 Å². The monoisotopic (exact) mass is 461 g/mol. The zero-order valence-electron chi connectivity index (χ0n) is 15.4. The zero-order chi connectivity index (χ0) is 21.4. The average Bonchev–Trinajstić information content (AvgIpc) is 3.10. The van der Waals surface area contributed by atoms with Crippen molar-refractivity contribution in [3.05, 3.63) is 80.3 Å². The van der Waals surface area contributed by atoms with E-state index >= 15 is 0 Å². The number of nitrogens with zero attached hydrogens (tertiary/aromatic N) is 3. The number of aryl methyl sites for hydroxylation is 1. The van der Waals surface area contributed by atoms with Crippen LogP contribution in [-0.2, 0) is 0 Å².